The molecule has 1 saturated heterocycles. The summed E-state index contributed by atoms with van der Waals surface area (Å²) in [5.74, 6) is 0.614. The number of alkyl halides is 2. The minimum absolute atomic E-state index is 0.184. The maximum atomic E-state index is 12.2. The Bertz CT molecular complexity index is 368. The summed E-state index contributed by atoms with van der Waals surface area (Å²) in [7, 11) is 0. The summed E-state index contributed by atoms with van der Waals surface area (Å²) in [5, 5.41) is 3.15. The molecule has 100 valence electrons. The van der Waals surface area contributed by atoms with E-state index in [-0.39, 0.29) is 5.75 Å². The van der Waals surface area contributed by atoms with Crippen LogP contribution in [0.2, 0.25) is 0 Å². The third kappa shape index (κ3) is 3.84. The molecule has 0 saturated carbocycles. The van der Waals surface area contributed by atoms with Crippen molar-refractivity contribution in [3.63, 3.8) is 0 Å². The van der Waals surface area contributed by atoms with Crippen LogP contribution in [0.15, 0.2) is 24.3 Å². The van der Waals surface area contributed by atoms with Crippen molar-refractivity contribution >= 4 is 5.69 Å². The first-order chi connectivity index (χ1) is 8.75. The molecule has 0 amide bonds. The predicted molar refractivity (Wildman–Crippen MR) is 65.1 cm³/mol. The molecule has 0 bridgehead atoms. The van der Waals surface area contributed by atoms with E-state index in [4.69, 9.17) is 4.74 Å². The highest BCUT2D eigenvalue weighted by Crippen LogP contribution is 2.26. The van der Waals surface area contributed by atoms with Gasteiger partial charge in [-0.15, -0.1) is 0 Å². The summed E-state index contributed by atoms with van der Waals surface area (Å²) in [6.45, 7) is -0.540. The van der Waals surface area contributed by atoms with E-state index in [9.17, 15) is 8.78 Å². The topological polar surface area (TPSA) is 30.5 Å². The lowest BCUT2D eigenvalue weighted by molar-refractivity contribution is -0.0493. The number of hydrogen-bond donors (Lipinski definition) is 1. The van der Waals surface area contributed by atoms with Gasteiger partial charge in [0.2, 0.25) is 0 Å². The lowest BCUT2D eigenvalue weighted by Gasteiger charge is -2.23. The number of benzene rings is 1. The summed E-state index contributed by atoms with van der Waals surface area (Å²) in [6.07, 6.45) is 2.16. The van der Waals surface area contributed by atoms with E-state index < -0.39 is 6.61 Å². The minimum Gasteiger partial charge on any atom is -0.433 e. The monoisotopic (exact) mass is 257 g/mol. The third-order valence-electron chi connectivity index (χ3n) is 2.94. The quantitative estimate of drug-likeness (QED) is 0.879. The number of halogens is 2. The molecule has 1 N–H and O–H groups in total. The molecule has 2 rings (SSSR count). The fraction of sp³-hybridized carbons (Fsp3) is 0.538. The van der Waals surface area contributed by atoms with Crippen molar-refractivity contribution < 1.29 is 18.3 Å². The van der Waals surface area contributed by atoms with Crippen LogP contribution in [-0.4, -0.2) is 26.4 Å². The summed E-state index contributed by atoms with van der Waals surface area (Å²) >= 11 is 0. The molecule has 1 aromatic rings. The van der Waals surface area contributed by atoms with E-state index in [0.29, 0.717) is 18.2 Å². The van der Waals surface area contributed by atoms with E-state index in [2.05, 4.69) is 10.1 Å². The Morgan fingerprint density at radius 2 is 2.22 bits per heavy atom. The van der Waals surface area contributed by atoms with E-state index in [1.165, 1.54) is 6.07 Å². The Labute approximate surface area is 105 Å². The highest BCUT2D eigenvalue weighted by molar-refractivity contribution is 5.56. The number of nitrogens with one attached hydrogen (secondary N) is 1. The Morgan fingerprint density at radius 3 is 2.94 bits per heavy atom. The molecule has 1 fully saturated rings. The van der Waals surface area contributed by atoms with E-state index >= 15 is 0 Å². The second-order valence-corrected chi connectivity index (χ2v) is 4.34. The molecule has 1 heterocycles. The van der Waals surface area contributed by atoms with Crippen molar-refractivity contribution in [3.8, 4) is 5.75 Å². The minimum atomic E-state index is -2.80. The van der Waals surface area contributed by atoms with Gasteiger partial charge in [0.25, 0.3) is 0 Å². The summed E-state index contributed by atoms with van der Waals surface area (Å²) < 4.78 is 34.3. The van der Waals surface area contributed by atoms with E-state index in [1.54, 1.807) is 18.2 Å². The molecule has 1 aliphatic rings. The van der Waals surface area contributed by atoms with Crippen LogP contribution < -0.4 is 10.1 Å². The van der Waals surface area contributed by atoms with Crippen LogP contribution in [-0.2, 0) is 4.74 Å². The SMILES string of the molecule is FC(F)Oc1ccccc1NCC1CCCOC1. The lowest BCUT2D eigenvalue weighted by atomic mass is 10.0. The second-order valence-electron chi connectivity index (χ2n) is 4.34. The second kappa shape index (κ2) is 6.54. The van der Waals surface area contributed by atoms with Crippen molar-refractivity contribution in [1.29, 1.82) is 0 Å². The number of rotatable bonds is 5. The zero-order valence-corrected chi connectivity index (χ0v) is 10.1. The molecule has 1 unspecified atom stereocenters. The zero-order valence-electron chi connectivity index (χ0n) is 10.1. The predicted octanol–water partition coefficient (Wildman–Crippen LogP) is 3.13. The van der Waals surface area contributed by atoms with Gasteiger partial charge in [-0.25, -0.2) is 0 Å². The van der Waals surface area contributed by atoms with Gasteiger partial charge < -0.3 is 14.8 Å². The van der Waals surface area contributed by atoms with Gasteiger partial charge in [0.1, 0.15) is 5.75 Å². The molecular weight excluding hydrogens is 240 g/mol. The number of ether oxygens (including phenoxy) is 2. The molecule has 0 spiro atoms. The molecule has 0 aromatic heterocycles. The first kappa shape index (κ1) is 13.1. The summed E-state index contributed by atoms with van der Waals surface area (Å²) in [6, 6.07) is 6.73. The molecule has 18 heavy (non-hydrogen) atoms. The fourth-order valence-corrected chi connectivity index (χ4v) is 2.03. The van der Waals surface area contributed by atoms with Gasteiger partial charge in [0.15, 0.2) is 0 Å². The van der Waals surface area contributed by atoms with Crippen LogP contribution in [0, 0.1) is 5.92 Å². The van der Waals surface area contributed by atoms with Gasteiger partial charge in [-0.05, 0) is 30.9 Å². The largest absolute Gasteiger partial charge is 0.433 e. The Morgan fingerprint density at radius 1 is 1.39 bits per heavy atom. The summed E-state index contributed by atoms with van der Waals surface area (Å²) in [5.41, 5.74) is 0.600. The number of anilines is 1. The lowest BCUT2D eigenvalue weighted by Crippen LogP contribution is -2.24. The van der Waals surface area contributed by atoms with Crippen molar-refractivity contribution in [3.05, 3.63) is 24.3 Å². The Kier molecular flexibility index (Phi) is 4.75. The molecule has 1 atom stereocenters. The average molecular weight is 257 g/mol. The van der Waals surface area contributed by atoms with Crippen LogP contribution in [0.4, 0.5) is 14.5 Å². The molecule has 1 aliphatic heterocycles. The zero-order chi connectivity index (χ0) is 12.8. The van der Waals surface area contributed by atoms with Crippen molar-refractivity contribution in [2.75, 3.05) is 25.1 Å². The van der Waals surface area contributed by atoms with Crippen molar-refractivity contribution in [2.24, 2.45) is 5.92 Å². The van der Waals surface area contributed by atoms with E-state index in [1.807, 2.05) is 0 Å². The van der Waals surface area contributed by atoms with Gasteiger partial charge in [-0.3, -0.25) is 0 Å². The smallest absolute Gasteiger partial charge is 0.387 e. The molecule has 0 aliphatic carbocycles. The Balaban J connectivity index is 1.91. The molecule has 5 heteroatoms. The number of para-hydroxylation sites is 2. The highest BCUT2D eigenvalue weighted by atomic mass is 19.3. The normalized spacial score (nSPS) is 19.8. The average Bonchev–Trinajstić information content (AvgIpc) is 2.38. The fourth-order valence-electron chi connectivity index (χ4n) is 2.03. The van der Waals surface area contributed by atoms with Crippen LogP contribution in [0.3, 0.4) is 0 Å². The van der Waals surface area contributed by atoms with Gasteiger partial charge in [0, 0.05) is 13.2 Å². The van der Waals surface area contributed by atoms with Crippen molar-refractivity contribution in [1.82, 2.24) is 0 Å². The maximum absolute atomic E-state index is 12.2. The van der Waals surface area contributed by atoms with Crippen LogP contribution >= 0.6 is 0 Å². The van der Waals surface area contributed by atoms with E-state index in [0.717, 1.165) is 26.1 Å². The number of hydrogen-bond acceptors (Lipinski definition) is 3. The first-order valence-corrected chi connectivity index (χ1v) is 6.11. The molecule has 1 aromatic carbocycles. The van der Waals surface area contributed by atoms with Gasteiger partial charge in [0.05, 0.1) is 12.3 Å². The van der Waals surface area contributed by atoms with Crippen LogP contribution in [0.1, 0.15) is 12.8 Å². The highest BCUT2D eigenvalue weighted by Gasteiger charge is 2.15. The molecule has 0 radical (unpaired) electrons. The summed E-state index contributed by atoms with van der Waals surface area (Å²) in [4.78, 5) is 0. The molecule has 3 nitrogen and oxygen atoms in total. The maximum Gasteiger partial charge on any atom is 0.387 e. The Hall–Kier alpha value is -1.36. The molecular formula is C13H17F2NO2. The van der Waals surface area contributed by atoms with Gasteiger partial charge in [-0.1, -0.05) is 12.1 Å². The van der Waals surface area contributed by atoms with Gasteiger partial charge in [-0.2, -0.15) is 8.78 Å². The standard InChI is InChI=1S/C13H17F2NO2/c14-13(15)18-12-6-2-1-5-11(12)16-8-10-4-3-7-17-9-10/h1-2,5-6,10,13,16H,3-4,7-9H2. The van der Waals surface area contributed by atoms with Crippen LogP contribution in [0.25, 0.3) is 0 Å². The third-order valence-corrected chi connectivity index (χ3v) is 2.94. The first-order valence-electron chi connectivity index (χ1n) is 6.11. The van der Waals surface area contributed by atoms with Gasteiger partial charge >= 0.3 is 6.61 Å². The van der Waals surface area contributed by atoms with Crippen LogP contribution in [0.5, 0.6) is 5.75 Å². The van der Waals surface area contributed by atoms with Crippen molar-refractivity contribution in [2.45, 2.75) is 19.5 Å².